The molecule has 2 amide bonds. The van der Waals surface area contributed by atoms with Gasteiger partial charge in [-0.25, -0.2) is 4.79 Å². The highest BCUT2D eigenvalue weighted by atomic mass is 16.2. The molecule has 2 rings (SSSR count). The Morgan fingerprint density at radius 3 is 2.47 bits per heavy atom. The van der Waals surface area contributed by atoms with Gasteiger partial charge in [0.15, 0.2) is 0 Å². The zero-order chi connectivity index (χ0) is 14.2. The Morgan fingerprint density at radius 2 is 2.00 bits per heavy atom. The SMILES string of the molecule is Cc1cc(C)n(C2CN(C(=O)N[C@H](C)C(C)C)C2)n1. The maximum Gasteiger partial charge on any atom is 0.317 e. The van der Waals surface area contributed by atoms with Crippen LogP contribution in [-0.2, 0) is 0 Å². The molecular weight excluding hydrogens is 240 g/mol. The van der Waals surface area contributed by atoms with Crippen LogP contribution in [0, 0.1) is 19.8 Å². The highest BCUT2D eigenvalue weighted by Gasteiger charge is 2.33. The van der Waals surface area contributed by atoms with Crippen LogP contribution < -0.4 is 5.32 Å². The first kappa shape index (κ1) is 13.9. The maximum absolute atomic E-state index is 12.0. The van der Waals surface area contributed by atoms with Crippen molar-refractivity contribution in [1.29, 1.82) is 0 Å². The van der Waals surface area contributed by atoms with E-state index in [1.165, 1.54) is 0 Å². The number of carbonyl (C=O) groups excluding carboxylic acids is 1. The third kappa shape index (κ3) is 2.91. The number of urea groups is 1. The molecular formula is C14H24N4O. The van der Waals surface area contributed by atoms with Crippen LogP contribution in [0.4, 0.5) is 4.79 Å². The highest BCUT2D eigenvalue weighted by Crippen LogP contribution is 2.22. The molecule has 0 aliphatic carbocycles. The van der Waals surface area contributed by atoms with Gasteiger partial charge < -0.3 is 10.2 Å². The van der Waals surface area contributed by atoms with Crippen molar-refractivity contribution in [2.75, 3.05) is 13.1 Å². The first-order valence-electron chi connectivity index (χ1n) is 6.96. The second-order valence-electron chi connectivity index (χ2n) is 5.91. The quantitative estimate of drug-likeness (QED) is 0.909. The zero-order valence-corrected chi connectivity index (χ0v) is 12.5. The van der Waals surface area contributed by atoms with Gasteiger partial charge in [-0.2, -0.15) is 5.10 Å². The topological polar surface area (TPSA) is 50.2 Å². The number of nitrogens with one attached hydrogen (secondary N) is 1. The summed E-state index contributed by atoms with van der Waals surface area (Å²) in [7, 11) is 0. The summed E-state index contributed by atoms with van der Waals surface area (Å²) >= 11 is 0. The third-order valence-corrected chi connectivity index (χ3v) is 3.89. The molecule has 5 nitrogen and oxygen atoms in total. The van der Waals surface area contributed by atoms with Crippen LogP contribution in [0.3, 0.4) is 0 Å². The van der Waals surface area contributed by atoms with E-state index in [1.54, 1.807) is 0 Å². The van der Waals surface area contributed by atoms with Crippen LogP contribution in [0.5, 0.6) is 0 Å². The Hall–Kier alpha value is -1.52. The molecule has 1 aromatic heterocycles. The van der Waals surface area contributed by atoms with Crippen molar-refractivity contribution in [1.82, 2.24) is 20.0 Å². The number of hydrogen-bond donors (Lipinski definition) is 1. The maximum atomic E-state index is 12.0. The molecule has 0 bridgehead atoms. The summed E-state index contributed by atoms with van der Waals surface area (Å²) < 4.78 is 2.03. The molecule has 0 radical (unpaired) electrons. The third-order valence-electron chi connectivity index (χ3n) is 3.89. The summed E-state index contributed by atoms with van der Waals surface area (Å²) in [5.41, 5.74) is 2.20. The molecule has 1 fully saturated rings. The van der Waals surface area contributed by atoms with Gasteiger partial charge in [0.2, 0.25) is 0 Å². The molecule has 5 heteroatoms. The number of aromatic nitrogens is 2. The smallest absolute Gasteiger partial charge is 0.317 e. The van der Waals surface area contributed by atoms with E-state index in [4.69, 9.17) is 0 Å². The summed E-state index contributed by atoms with van der Waals surface area (Å²) in [6.45, 7) is 11.8. The molecule has 1 aromatic rings. The number of amides is 2. The molecule has 1 saturated heterocycles. The van der Waals surface area contributed by atoms with Crippen molar-refractivity contribution in [2.24, 2.45) is 5.92 Å². The average Bonchev–Trinajstić information content (AvgIpc) is 2.55. The zero-order valence-electron chi connectivity index (χ0n) is 12.5. The molecule has 1 atom stereocenters. The second-order valence-corrected chi connectivity index (χ2v) is 5.91. The fourth-order valence-electron chi connectivity index (χ4n) is 2.24. The lowest BCUT2D eigenvalue weighted by atomic mass is 10.1. The van der Waals surface area contributed by atoms with Crippen LogP contribution in [-0.4, -0.2) is 39.8 Å². The minimum atomic E-state index is 0.0407. The molecule has 106 valence electrons. The van der Waals surface area contributed by atoms with Crippen LogP contribution in [0.25, 0.3) is 0 Å². The van der Waals surface area contributed by atoms with Gasteiger partial charge in [-0.05, 0) is 32.8 Å². The summed E-state index contributed by atoms with van der Waals surface area (Å²) in [5.74, 6) is 0.456. The van der Waals surface area contributed by atoms with Gasteiger partial charge in [-0.3, -0.25) is 4.68 Å². The molecule has 1 aliphatic rings. The standard InChI is InChI=1S/C14H24N4O/c1-9(2)12(5)15-14(19)17-7-13(8-17)18-11(4)6-10(3)16-18/h6,9,12-13H,7-8H2,1-5H3,(H,15,19)/t12-/m1/s1. The van der Waals surface area contributed by atoms with Gasteiger partial charge in [0.05, 0.1) is 11.7 Å². The van der Waals surface area contributed by atoms with Gasteiger partial charge in [-0.15, -0.1) is 0 Å². The molecule has 1 N–H and O–H groups in total. The lowest BCUT2D eigenvalue weighted by molar-refractivity contribution is 0.114. The number of hydrogen-bond acceptors (Lipinski definition) is 2. The van der Waals surface area contributed by atoms with Crippen molar-refractivity contribution < 1.29 is 4.79 Å². The number of nitrogens with zero attached hydrogens (tertiary/aromatic N) is 3. The summed E-state index contributed by atoms with van der Waals surface area (Å²) in [4.78, 5) is 13.8. The number of rotatable bonds is 3. The van der Waals surface area contributed by atoms with Crippen LogP contribution in [0.2, 0.25) is 0 Å². The summed E-state index contributed by atoms with van der Waals surface area (Å²) in [6, 6.07) is 2.65. The van der Waals surface area contributed by atoms with Crippen molar-refractivity contribution in [2.45, 2.75) is 46.7 Å². The Balaban J connectivity index is 1.86. The molecule has 0 saturated carbocycles. The van der Waals surface area contributed by atoms with Gasteiger partial charge in [0.1, 0.15) is 0 Å². The number of carbonyl (C=O) groups is 1. The van der Waals surface area contributed by atoms with E-state index < -0.39 is 0 Å². The average molecular weight is 264 g/mol. The van der Waals surface area contributed by atoms with E-state index in [0.717, 1.165) is 24.5 Å². The van der Waals surface area contributed by atoms with Crippen molar-refractivity contribution in [3.05, 3.63) is 17.5 Å². The molecule has 0 unspecified atom stereocenters. The van der Waals surface area contributed by atoms with Crippen LogP contribution in [0.15, 0.2) is 6.07 Å². The second kappa shape index (κ2) is 5.23. The van der Waals surface area contributed by atoms with Crippen molar-refractivity contribution in [3.63, 3.8) is 0 Å². The van der Waals surface area contributed by atoms with Gasteiger partial charge in [0.25, 0.3) is 0 Å². The number of aryl methyl sites for hydroxylation is 2. The Kier molecular flexibility index (Phi) is 3.83. The van der Waals surface area contributed by atoms with E-state index >= 15 is 0 Å². The highest BCUT2D eigenvalue weighted by molar-refractivity contribution is 5.75. The van der Waals surface area contributed by atoms with E-state index in [0.29, 0.717) is 12.0 Å². The molecule has 0 spiro atoms. The lowest BCUT2D eigenvalue weighted by Crippen LogP contribution is -2.56. The van der Waals surface area contributed by atoms with Crippen molar-refractivity contribution in [3.8, 4) is 0 Å². The predicted octanol–water partition coefficient (Wildman–Crippen LogP) is 2.11. The Labute approximate surface area is 115 Å². The fraction of sp³-hybridized carbons (Fsp3) is 0.714. The summed E-state index contributed by atoms with van der Waals surface area (Å²) in [6.07, 6.45) is 0. The van der Waals surface area contributed by atoms with Gasteiger partial charge >= 0.3 is 6.03 Å². The minimum absolute atomic E-state index is 0.0407. The molecule has 0 aromatic carbocycles. The molecule has 1 aliphatic heterocycles. The van der Waals surface area contributed by atoms with Crippen molar-refractivity contribution >= 4 is 6.03 Å². The Bertz CT molecular complexity index is 460. The molecule has 19 heavy (non-hydrogen) atoms. The molecule has 2 heterocycles. The largest absolute Gasteiger partial charge is 0.335 e. The Morgan fingerprint density at radius 1 is 1.37 bits per heavy atom. The fourth-order valence-corrected chi connectivity index (χ4v) is 2.24. The van der Waals surface area contributed by atoms with Crippen LogP contribution in [0.1, 0.15) is 38.2 Å². The van der Waals surface area contributed by atoms with E-state index in [9.17, 15) is 4.79 Å². The van der Waals surface area contributed by atoms with E-state index in [1.807, 2.05) is 23.4 Å². The predicted molar refractivity (Wildman–Crippen MR) is 75.1 cm³/mol. The lowest BCUT2D eigenvalue weighted by Gasteiger charge is -2.40. The van der Waals surface area contributed by atoms with Gasteiger partial charge in [0, 0.05) is 24.8 Å². The minimum Gasteiger partial charge on any atom is -0.335 e. The van der Waals surface area contributed by atoms with Crippen LogP contribution >= 0.6 is 0 Å². The number of likely N-dealkylation sites (tertiary alicyclic amines) is 1. The summed E-state index contributed by atoms with van der Waals surface area (Å²) in [5, 5.41) is 7.50. The first-order chi connectivity index (χ1) is 8.88. The van der Waals surface area contributed by atoms with Gasteiger partial charge in [-0.1, -0.05) is 13.8 Å². The first-order valence-corrected chi connectivity index (χ1v) is 6.96. The normalized spacial score (nSPS) is 17.5. The van der Waals surface area contributed by atoms with E-state index in [-0.39, 0.29) is 12.1 Å². The monoisotopic (exact) mass is 264 g/mol. The van der Waals surface area contributed by atoms with E-state index in [2.05, 4.69) is 37.3 Å².